The molecule has 1 spiro atoms. The molecular weight excluding hydrogens is 96.1 g/mol. The summed E-state index contributed by atoms with van der Waals surface area (Å²) >= 11 is 0. The second-order valence-corrected chi connectivity index (χ2v) is 3.68. The molecular formula is C8H14. The van der Waals surface area contributed by atoms with Crippen LogP contribution in [0.1, 0.15) is 39.0 Å². The zero-order valence-corrected chi connectivity index (χ0v) is 5.61. The van der Waals surface area contributed by atoms with E-state index in [1.165, 1.54) is 6.42 Å². The molecule has 0 heterocycles. The lowest BCUT2D eigenvalue weighted by molar-refractivity contribution is 0.164. The molecule has 0 aromatic rings. The fourth-order valence-electron chi connectivity index (χ4n) is 2.04. The predicted octanol–water partition coefficient (Wildman–Crippen LogP) is 2.59. The Balaban J connectivity index is 1.84. The van der Waals surface area contributed by atoms with E-state index < -0.39 is 0 Å². The summed E-state index contributed by atoms with van der Waals surface area (Å²) in [6.45, 7) is 2.32. The van der Waals surface area contributed by atoms with E-state index in [0.29, 0.717) is 0 Å². The predicted molar refractivity (Wildman–Crippen MR) is 34.7 cm³/mol. The Bertz CT molecular complexity index is 92.6. The van der Waals surface area contributed by atoms with Gasteiger partial charge in [-0.2, -0.15) is 0 Å². The Morgan fingerprint density at radius 2 is 2.00 bits per heavy atom. The third-order valence-electron chi connectivity index (χ3n) is 2.98. The lowest BCUT2D eigenvalue weighted by Crippen LogP contribution is -2.23. The summed E-state index contributed by atoms with van der Waals surface area (Å²) in [5.74, 6) is 1.12. The van der Waals surface area contributed by atoms with Crippen LogP contribution < -0.4 is 0 Å². The molecule has 0 aliphatic heterocycles. The molecule has 0 N–H and O–H groups in total. The van der Waals surface area contributed by atoms with Gasteiger partial charge >= 0.3 is 0 Å². The van der Waals surface area contributed by atoms with E-state index in [1.54, 1.807) is 25.7 Å². The minimum absolute atomic E-state index is 0.945. The Labute approximate surface area is 51.3 Å². The van der Waals surface area contributed by atoms with E-state index in [1.807, 2.05) is 0 Å². The quantitative estimate of drug-likeness (QED) is 0.486. The molecule has 2 aliphatic rings. The van der Waals surface area contributed by atoms with Gasteiger partial charge in [0.05, 0.1) is 0 Å². The molecule has 0 heteroatoms. The molecule has 0 bridgehead atoms. The summed E-state index contributed by atoms with van der Waals surface area (Å²) in [4.78, 5) is 0. The van der Waals surface area contributed by atoms with E-state index in [4.69, 9.17) is 0 Å². The van der Waals surface area contributed by atoms with Crippen LogP contribution in [0.2, 0.25) is 0 Å². The van der Waals surface area contributed by atoms with Gasteiger partial charge in [0.25, 0.3) is 0 Å². The number of hydrogen-bond donors (Lipinski definition) is 0. The van der Waals surface area contributed by atoms with Crippen LogP contribution in [0.3, 0.4) is 0 Å². The van der Waals surface area contributed by atoms with Crippen molar-refractivity contribution in [3.8, 4) is 0 Å². The molecule has 0 nitrogen and oxygen atoms in total. The maximum atomic E-state index is 2.32. The van der Waals surface area contributed by atoms with Crippen molar-refractivity contribution in [2.75, 3.05) is 0 Å². The standard InChI is InChI=1S/C8H14/c1-2-7-5-8(6-7)3-4-8/h7H,2-6H2,1H3. The number of rotatable bonds is 1. The van der Waals surface area contributed by atoms with Crippen molar-refractivity contribution in [1.82, 2.24) is 0 Å². The van der Waals surface area contributed by atoms with Crippen LogP contribution in [-0.4, -0.2) is 0 Å². The summed E-state index contributed by atoms with van der Waals surface area (Å²) in [6.07, 6.45) is 7.70. The van der Waals surface area contributed by atoms with Crippen LogP contribution in [0.5, 0.6) is 0 Å². The highest BCUT2D eigenvalue weighted by Crippen LogP contribution is 2.63. The molecule has 46 valence electrons. The molecule has 8 heavy (non-hydrogen) atoms. The second kappa shape index (κ2) is 1.29. The topological polar surface area (TPSA) is 0 Å². The summed E-state index contributed by atoms with van der Waals surface area (Å²) in [7, 11) is 0. The maximum Gasteiger partial charge on any atom is -0.0292 e. The summed E-state index contributed by atoms with van der Waals surface area (Å²) in [5.41, 5.74) is 0.945. The Morgan fingerprint density at radius 1 is 1.38 bits per heavy atom. The molecule has 2 aliphatic carbocycles. The average molecular weight is 110 g/mol. The first-order valence-corrected chi connectivity index (χ1v) is 3.85. The van der Waals surface area contributed by atoms with E-state index >= 15 is 0 Å². The molecule has 2 rings (SSSR count). The highest BCUT2D eigenvalue weighted by molar-refractivity contribution is 5.02. The Kier molecular flexibility index (Phi) is 0.778. The molecule has 0 radical (unpaired) electrons. The largest absolute Gasteiger partial charge is 0.0651 e. The van der Waals surface area contributed by atoms with Gasteiger partial charge in [0.15, 0.2) is 0 Å². The van der Waals surface area contributed by atoms with Crippen molar-refractivity contribution >= 4 is 0 Å². The molecule has 0 atom stereocenters. The highest BCUT2D eigenvalue weighted by Gasteiger charge is 2.51. The summed E-state index contributed by atoms with van der Waals surface area (Å²) in [5, 5.41) is 0. The van der Waals surface area contributed by atoms with Crippen LogP contribution in [-0.2, 0) is 0 Å². The van der Waals surface area contributed by atoms with Crippen LogP contribution in [0.25, 0.3) is 0 Å². The lowest BCUT2D eigenvalue weighted by Gasteiger charge is -2.34. The normalized spacial score (nSPS) is 32.6. The van der Waals surface area contributed by atoms with E-state index in [2.05, 4.69) is 6.92 Å². The van der Waals surface area contributed by atoms with Crippen molar-refractivity contribution in [2.45, 2.75) is 39.0 Å². The third-order valence-corrected chi connectivity index (χ3v) is 2.98. The van der Waals surface area contributed by atoms with Gasteiger partial charge in [-0.15, -0.1) is 0 Å². The van der Waals surface area contributed by atoms with E-state index in [-0.39, 0.29) is 0 Å². The van der Waals surface area contributed by atoms with Gasteiger partial charge in [0.1, 0.15) is 0 Å². The molecule has 0 unspecified atom stereocenters. The van der Waals surface area contributed by atoms with Crippen molar-refractivity contribution in [3.63, 3.8) is 0 Å². The fourth-order valence-corrected chi connectivity index (χ4v) is 2.04. The molecule has 0 aromatic carbocycles. The van der Waals surface area contributed by atoms with Gasteiger partial charge in [-0.1, -0.05) is 13.3 Å². The van der Waals surface area contributed by atoms with Crippen molar-refractivity contribution in [3.05, 3.63) is 0 Å². The number of hydrogen-bond acceptors (Lipinski definition) is 0. The zero-order valence-electron chi connectivity index (χ0n) is 5.61. The van der Waals surface area contributed by atoms with Crippen LogP contribution in [0, 0.1) is 11.3 Å². The van der Waals surface area contributed by atoms with Crippen molar-refractivity contribution in [1.29, 1.82) is 0 Å². The SMILES string of the molecule is CCC1CC2(CC2)C1. The van der Waals surface area contributed by atoms with Gasteiger partial charge < -0.3 is 0 Å². The zero-order chi connectivity index (χ0) is 5.61. The summed E-state index contributed by atoms with van der Waals surface area (Å²) < 4.78 is 0. The first kappa shape index (κ1) is 4.84. The maximum absolute atomic E-state index is 2.32. The van der Waals surface area contributed by atoms with Gasteiger partial charge in [0, 0.05) is 0 Å². The Hall–Kier alpha value is 0. The fraction of sp³-hybridized carbons (Fsp3) is 1.00. The monoisotopic (exact) mass is 110 g/mol. The van der Waals surface area contributed by atoms with Gasteiger partial charge in [-0.25, -0.2) is 0 Å². The molecule has 2 saturated carbocycles. The minimum Gasteiger partial charge on any atom is -0.0651 e. The minimum atomic E-state index is 0.945. The molecule has 2 fully saturated rings. The van der Waals surface area contributed by atoms with Crippen molar-refractivity contribution in [2.24, 2.45) is 11.3 Å². The first-order chi connectivity index (χ1) is 3.85. The van der Waals surface area contributed by atoms with Crippen LogP contribution in [0.4, 0.5) is 0 Å². The smallest absolute Gasteiger partial charge is 0.0292 e. The highest BCUT2D eigenvalue weighted by atomic mass is 14.6. The van der Waals surface area contributed by atoms with Gasteiger partial charge in [-0.3, -0.25) is 0 Å². The first-order valence-electron chi connectivity index (χ1n) is 3.85. The molecule has 0 saturated heterocycles. The summed E-state index contributed by atoms with van der Waals surface area (Å²) in [6, 6.07) is 0. The molecule has 0 aromatic heterocycles. The second-order valence-electron chi connectivity index (χ2n) is 3.68. The van der Waals surface area contributed by atoms with E-state index in [9.17, 15) is 0 Å². The Morgan fingerprint density at radius 3 is 2.38 bits per heavy atom. The van der Waals surface area contributed by atoms with E-state index in [0.717, 1.165) is 11.3 Å². The van der Waals surface area contributed by atoms with Crippen molar-refractivity contribution < 1.29 is 0 Å². The lowest BCUT2D eigenvalue weighted by atomic mass is 9.71. The average Bonchev–Trinajstić information content (AvgIpc) is 2.38. The molecule has 0 amide bonds. The van der Waals surface area contributed by atoms with Gasteiger partial charge in [0.2, 0.25) is 0 Å². The van der Waals surface area contributed by atoms with Crippen LogP contribution in [0.15, 0.2) is 0 Å². The third kappa shape index (κ3) is 0.519. The van der Waals surface area contributed by atoms with Gasteiger partial charge in [-0.05, 0) is 37.0 Å². The van der Waals surface area contributed by atoms with Crippen LogP contribution >= 0.6 is 0 Å².